The summed E-state index contributed by atoms with van der Waals surface area (Å²) < 4.78 is 16.4. The van der Waals surface area contributed by atoms with E-state index in [9.17, 15) is 14.0 Å². The van der Waals surface area contributed by atoms with Gasteiger partial charge in [-0.05, 0) is 24.1 Å². The van der Waals surface area contributed by atoms with E-state index in [0.717, 1.165) is 5.56 Å². The lowest BCUT2D eigenvalue weighted by molar-refractivity contribution is 0.616. The average molecular weight is 317 g/mol. The second-order valence-corrected chi connectivity index (χ2v) is 5.42. The highest BCUT2D eigenvalue weighted by molar-refractivity contribution is 5.73. The number of nitrogens with zero attached hydrogens (tertiary/aromatic N) is 3. The Bertz CT molecular complexity index is 1020. The fraction of sp³-hybridized carbons (Fsp3) is 0.267. The molecule has 0 saturated carbocycles. The predicted octanol–water partition coefficient (Wildman–Crippen LogP) is 1.02. The fourth-order valence-corrected chi connectivity index (χ4v) is 2.39. The molecule has 2 N–H and O–H groups in total. The van der Waals surface area contributed by atoms with E-state index in [0.29, 0.717) is 29.2 Å². The van der Waals surface area contributed by atoms with Gasteiger partial charge in [-0.2, -0.15) is 4.98 Å². The first-order valence-corrected chi connectivity index (χ1v) is 7.03. The first-order chi connectivity index (χ1) is 10.9. The number of rotatable bonds is 3. The minimum absolute atomic E-state index is 0.270. The highest BCUT2D eigenvalue weighted by Crippen LogP contribution is 2.15. The highest BCUT2D eigenvalue weighted by atomic mass is 19.1. The van der Waals surface area contributed by atoms with E-state index < -0.39 is 11.2 Å². The maximum atomic E-state index is 13.6. The summed E-state index contributed by atoms with van der Waals surface area (Å²) in [5.74, 6) is 0.154. The SMILES string of the molecule is Cc1ccc(CNc2nc3c(c(=O)[nH]c(=O)n3C)n2C)cc1F. The summed E-state index contributed by atoms with van der Waals surface area (Å²) in [5.41, 5.74) is 0.907. The Morgan fingerprint density at radius 2 is 2.00 bits per heavy atom. The summed E-state index contributed by atoms with van der Waals surface area (Å²) >= 11 is 0. The lowest BCUT2D eigenvalue weighted by Crippen LogP contribution is -2.29. The van der Waals surface area contributed by atoms with Crippen molar-refractivity contribution in [2.45, 2.75) is 13.5 Å². The second kappa shape index (κ2) is 5.38. The molecule has 0 spiro atoms. The third kappa shape index (κ3) is 2.52. The van der Waals surface area contributed by atoms with Gasteiger partial charge in [0.1, 0.15) is 5.82 Å². The Labute approximate surface area is 130 Å². The number of imidazole rings is 1. The molecule has 0 amide bonds. The van der Waals surface area contributed by atoms with Crippen LogP contribution in [0.1, 0.15) is 11.1 Å². The number of anilines is 1. The number of benzene rings is 1. The van der Waals surface area contributed by atoms with Crippen LogP contribution in [0.3, 0.4) is 0 Å². The number of aryl methyl sites for hydroxylation is 3. The molecule has 1 aromatic carbocycles. The van der Waals surface area contributed by atoms with E-state index in [1.165, 1.54) is 17.7 Å². The van der Waals surface area contributed by atoms with Crippen molar-refractivity contribution in [3.63, 3.8) is 0 Å². The van der Waals surface area contributed by atoms with Gasteiger partial charge in [-0.3, -0.25) is 14.3 Å². The molecule has 0 aliphatic rings. The molecule has 3 aromatic rings. The molecule has 8 heteroatoms. The third-order valence-corrected chi connectivity index (χ3v) is 3.82. The van der Waals surface area contributed by atoms with E-state index >= 15 is 0 Å². The number of hydrogen-bond donors (Lipinski definition) is 2. The maximum absolute atomic E-state index is 13.6. The molecule has 2 aromatic heterocycles. The van der Waals surface area contributed by atoms with Gasteiger partial charge in [0.05, 0.1) is 0 Å². The van der Waals surface area contributed by atoms with Gasteiger partial charge in [0, 0.05) is 20.6 Å². The zero-order valence-electron chi connectivity index (χ0n) is 13.0. The molecule has 23 heavy (non-hydrogen) atoms. The summed E-state index contributed by atoms with van der Waals surface area (Å²) in [6.45, 7) is 2.05. The van der Waals surface area contributed by atoms with Crippen LogP contribution in [-0.4, -0.2) is 19.1 Å². The van der Waals surface area contributed by atoms with Crippen LogP contribution in [0.4, 0.5) is 10.3 Å². The molecule has 0 fully saturated rings. The van der Waals surface area contributed by atoms with Gasteiger partial charge >= 0.3 is 5.69 Å². The molecular weight excluding hydrogens is 301 g/mol. The number of fused-ring (bicyclic) bond motifs is 1. The van der Waals surface area contributed by atoms with Crippen molar-refractivity contribution in [1.29, 1.82) is 0 Å². The third-order valence-electron chi connectivity index (χ3n) is 3.82. The maximum Gasteiger partial charge on any atom is 0.329 e. The molecule has 3 rings (SSSR count). The number of halogens is 1. The lowest BCUT2D eigenvalue weighted by atomic mass is 10.1. The Morgan fingerprint density at radius 1 is 1.26 bits per heavy atom. The normalized spacial score (nSPS) is 11.1. The van der Waals surface area contributed by atoms with Crippen LogP contribution in [-0.2, 0) is 20.6 Å². The zero-order chi connectivity index (χ0) is 16.7. The van der Waals surface area contributed by atoms with Crippen LogP contribution in [0.5, 0.6) is 0 Å². The molecule has 0 radical (unpaired) electrons. The molecule has 7 nitrogen and oxygen atoms in total. The lowest BCUT2D eigenvalue weighted by Gasteiger charge is -2.07. The van der Waals surface area contributed by atoms with Gasteiger partial charge in [0.2, 0.25) is 5.95 Å². The van der Waals surface area contributed by atoms with E-state index in [4.69, 9.17) is 0 Å². The van der Waals surface area contributed by atoms with Crippen molar-refractivity contribution in [3.8, 4) is 0 Å². The van der Waals surface area contributed by atoms with Gasteiger partial charge in [0.15, 0.2) is 11.2 Å². The average Bonchev–Trinajstić information content (AvgIpc) is 2.84. The number of aromatic amines is 1. The summed E-state index contributed by atoms with van der Waals surface area (Å²) in [5, 5.41) is 3.06. The van der Waals surface area contributed by atoms with Gasteiger partial charge in [-0.25, -0.2) is 9.18 Å². The van der Waals surface area contributed by atoms with E-state index in [1.807, 2.05) is 6.07 Å². The van der Waals surface area contributed by atoms with Crippen LogP contribution in [0, 0.1) is 12.7 Å². The molecule has 0 atom stereocenters. The first-order valence-electron chi connectivity index (χ1n) is 7.03. The zero-order valence-corrected chi connectivity index (χ0v) is 13.0. The predicted molar refractivity (Wildman–Crippen MR) is 85.0 cm³/mol. The Kier molecular flexibility index (Phi) is 3.51. The largest absolute Gasteiger partial charge is 0.352 e. The fourth-order valence-electron chi connectivity index (χ4n) is 2.39. The van der Waals surface area contributed by atoms with E-state index in [2.05, 4.69) is 15.3 Å². The van der Waals surface area contributed by atoms with Crippen molar-refractivity contribution < 1.29 is 4.39 Å². The molecule has 0 bridgehead atoms. The smallest absolute Gasteiger partial charge is 0.329 e. The number of hydrogen-bond acceptors (Lipinski definition) is 4. The molecule has 0 saturated heterocycles. The monoisotopic (exact) mass is 317 g/mol. The highest BCUT2D eigenvalue weighted by Gasteiger charge is 2.14. The number of nitrogens with one attached hydrogen (secondary N) is 2. The minimum atomic E-state index is -0.521. The standard InChI is InChI=1S/C15H16FN5O2/c1-8-4-5-9(6-10(8)16)7-17-14-18-12-11(20(14)2)13(22)19-15(23)21(12)3/h4-6H,7H2,1-3H3,(H,17,18)(H,19,22,23). The number of H-pyrrole nitrogens is 1. The summed E-state index contributed by atoms with van der Waals surface area (Å²) in [7, 11) is 3.21. The van der Waals surface area contributed by atoms with Crippen LogP contribution in [0.25, 0.3) is 11.2 Å². The van der Waals surface area contributed by atoms with E-state index in [-0.39, 0.29) is 5.82 Å². The van der Waals surface area contributed by atoms with Gasteiger partial charge < -0.3 is 9.88 Å². The van der Waals surface area contributed by atoms with Crippen molar-refractivity contribution >= 4 is 17.1 Å². The second-order valence-electron chi connectivity index (χ2n) is 5.42. The van der Waals surface area contributed by atoms with Crippen LogP contribution >= 0.6 is 0 Å². The molecule has 2 heterocycles. The Hall–Kier alpha value is -2.90. The summed E-state index contributed by atoms with van der Waals surface area (Å²) in [4.78, 5) is 30.1. The van der Waals surface area contributed by atoms with Crippen molar-refractivity contribution in [3.05, 3.63) is 56.0 Å². The molecule has 0 aliphatic heterocycles. The minimum Gasteiger partial charge on any atom is -0.352 e. The van der Waals surface area contributed by atoms with Crippen molar-refractivity contribution in [2.75, 3.05) is 5.32 Å². The summed E-state index contributed by atoms with van der Waals surface area (Å²) in [6.07, 6.45) is 0. The Morgan fingerprint density at radius 3 is 2.70 bits per heavy atom. The van der Waals surface area contributed by atoms with Crippen molar-refractivity contribution in [2.24, 2.45) is 14.1 Å². The quantitative estimate of drug-likeness (QED) is 0.755. The summed E-state index contributed by atoms with van der Waals surface area (Å²) in [6, 6.07) is 4.97. The molecular formula is C15H16FN5O2. The van der Waals surface area contributed by atoms with Gasteiger partial charge in [-0.15, -0.1) is 0 Å². The Balaban J connectivity index is 1.97. The molecule has 0 aliphatic carbocycles. The van der Waals surface area contributed by atoms with Crippen molar-refractivity contribution in [1.82, 2.24) is 19.1 Å². The van der Waals surface area contributed by atoms with Gasteiger partial charge in [0.25, 0.3) is 5.56 Å². The van der Waals surface area contributed by atoms with Crippen LogP contribution in [0.15, 0.2) is 27.8 Å². The number of aromatic nitrogens is 4. The van der Waals surface area contributed by atoms with Crippen LogP contribution in [0.2, 0.25) is 0 Å². The van der Waals surface area contributed by atoms with Crippen LogP contribution < -0.4 is 16.6 Å². The topological polar surface area (TPSA) is 84.7 Å². The van der Waals surface area contributed by atoms with Gasteiger partial charge in [-0.1, -0.05) is 12.1 Å². The molecule has 120 valence electrons. The van der Waals surface area contributed by atoms with E-state index in [1.54, 1.807) is 24.6 Å². The molecule has 0 unspecified atom stereocenters. The first kappa shape index (κ1) is 15.0.